The topological polar surface area (TPSA) is 12.0 Å². The van der Waals surface area contributed by atoms with Crippen LogP contribution in [0, 0.1) is 17.5 Å². The van der Waals surface area contributed by atoms with Crippen molar-refractivity contribution in [3.8, 4) is 0 Å². The van der Waals surface area contributed by atoms with Gasteiger partial charge in [-0.3, -0.25) is 0 Å². The van der Waals surface area contributed by atoms with E-state index in [4.69, 9.17) is 0 Å². The lowest BCUT2D eigenvalue weighted by Crippen LogP contribution is -2.20. The van der Waals surface area contributed by atoms with E-state index in [0.29, 0.717) is 6.42 Å². The van der Waals surface area contributed by atoms with Crippen molar-refractivity contribution in [3.05, 3.63) is 57.0 Å². The predicted octanol–water partition coefficient (Wildman–Crippen LogP) is 4.23. The van der Waals surface area contributed by atoms with Crippen molar-refractivity contribution < 1.29 is 13.2 Å². The summed E-state index contributed by atoms with van der Waals surface area (Å²) in [6.45, 7) is 2.07. The van der Waals surface area contributed by atoms with Crippen LogP contribution in [0.4, 0.5) is 13.2 Å². The molecule has 1 atom stereocenters. The second-order valence-electron chi connectivity index (χ2n) is 4.53. The first-order valence-corrected chi connectivity index (χ1v) is 7.26. The minimum absolute atomic E-state index is 0.151. The van der Waals surface area contributed by atoms with Gasteiger partial charge in [0.05, 0.1) is 0 Å². The zero-order chi connectivity index (χ0) is 14.7. The first kappa shape index (κ1) is 15.1. The van der Waals surface area contributed by atoms with Gasteiger partial charge in [-0.2, -0.15) is 0 Å². The van der Waals surface area contributed by atoms with Crippen LogP contribution < -0.4 is 5.32 Å². The third-order valence-corrected chi connectivity index (χ3v) is 4.51. The second-order valence-corrected chi connectivity index (χ2v) is 5.78. The Labute approximate surface area is 120 Å². The maximum Gasteiger partial charge on any atom is 0.194 e. The van der Waals surface area contributed by atoms with E-state index >= 15 is 0 Å². The second kappa shape index (κ2) is 6.41. The predicted molar refractivity (Wildman–Crippen MR) is 75.5 cm³/mol. The Morgan fingerprint density at radius 3 is 2.35 bits per heavy atom. The van der Waals surface area contributed by atoms with Gasteiger partial charge in [0.2, 0.25) is 0 Å². The van der Waals surface area contributed by atoms with Gasteiger partial charge < -0.3 is 5.32 Å². The molecule has 0 saturated carbocycles. The van der Waals surface area contributed by atoms with E-state index in [1.165, 1.54) is 10.9 Å². The van der Waals surface area contributed by atoms with Crippen LogP contribution in [-0.4, -0.2) is 7.05 Å². The largest absolute Gasteiger partial charge is 0.313 e. The number of rotatable bonds is 5. The quantitative estimate of drug-likeness (QED) is 0.815. The highest BCUT2D eigenvalue weighted by molar-refractivity contribution is 7.11. The Morgan fingerprint density at radius 2 is 1.75 bits per heavy atom. The van der Waals surface area contributed by atoms with E-state index in [9.17, 15) is 13.2 Å². The molecule has 1 nitrogen and oxygen atoms in total. The van der Waals surface area contributed by atoms with Crippen molar-refractivity contribution in [2.75, 3.05) is 7.05 Å². The van der Waals surface area contributed by atoms with E-state index in [0.717, 1.165) is 17.4 Å². The van der Waals surface area contributed by atoms with Gasteiger partial charge in [-0.15, -0.1) is 11.3 Å². The fourth-order valence-corrected chi connectivity index (χ4v) is 3.10. The fourth-order valence-electron chi connectivity index (χ4n) is 2.10. The molecule has 0 amide bonds. The Morgan fingerprint density at radius 1 is 1.05 bits per heavy atom. The average Bonchev–Trinajstić information content (AvgIpc) is 2.91. The lowest BCUT2D eigenvalue weighted by molar-refractivity contribution is 0.429. The van der Waals surface area contributed by atoms with Gasteiger partial charge in [0.25, 0.3) is 0 Å². The van der Waals surface area contributed by atoms with E-state index in [2.05, 4.69) is 12.2 Å². The molecule has 2 rings (SSSR count). The molecule has 0 saturated heterocycles. The third kappa shape index (κ3) is 3.04. The molecule has 1 N–H and O–H groups in total. The summed E-state index contributed by atoms with van der Waals surface area (Å²) in [5.41, 5.74) is 0.151. The first-order chi connectivity index (χ1) is 9.56. The van der Waals surface area contributed by atoms with Gasteiger partial charge >= 0.3 is 0 Å². The number of aryl methyl sites for hydroxylation is 1. The Balaban J connectivity index is 2.26. The molecule has 0 radical (unpaired) electrons. The zero-order valence-corrected chi connectivity index (χ0v) is 12.2. The molecule has 2 aromatic rings. The Hall–Kier alpha value is -1.33. The number of benzene rings is 1. The van der Waals surface area contributed by atoms with Gasteiger partial charge in [-0.25, -0.2) is 13.2 Å². The summed E-state index contributed by atoms with van der Waals surface area (Å²) in [4.78, 5) is 2.34. The van der Waals surface area contributed by atoms with Gasteiger partial charge in [-0.05, 0) is 31.7 Å². The van der Waals surface area contributed by atoms with E-state index in [1.807, 2.05) is 12.1 Å². The summed E-state index contributed by atoms with van der Waals surface area (Å²) in [6, 6.07) is 5.90. The van der Waals surface area contributed by atoms with Crippen LogP contribution in [0.5, 0.6) is 0 Å². The molecule has 0 aliphatic carbocycles. The number of likely N-dealkylation sites (N-methyl/N-ethyl adjacent to an activating group) is 1. The smallest absolute Gasteiger partial charge is 0.194 e. The van der Waals surface area contributed by atoms with Crippen molar-refractivity contribution in [3.63, 3.8) is 0 Å². The molecule has 1 unspecified atom stereocenters. The van der Waals surface area contributed by atoms with Gasteiger partial charge in [0.15, 0.2) is 17.5 Å². The molecule has 1 heterocycles. The van der Waals surface area contributed by atoms with Gasteiger partial charge in [-0.1, -0.05) is 13.0 Å². The highest BCUT2D eigenvalue weighted by Crippen LogP contribution is 2.27. The van der Waals surface area contributed by atoms with Crippen molar-refractivity contribution in [1.82, 2.24) is 5.32 Å². The van der Waals surface area contributed by atoms with Crippen LogP contribution >= 0.6 is 11.3 Å². The van der Waals surface area contributed by atoms with Crippen molar-refractivity contribution in [1.29, 1.82) is 0 Å². The Kier molecular flexibility index (Phi) is 4.83. The monoisotopic (exact) mass is 299 g/mol. The zero-order valence-electron chi connectivity index (χ0n) is 11.3. The molecule has 0 fully saturated rings. The van der Waals surface area contributed by atoms with Crippen molar-refractivity contribution in [2.24, 2.45) is 0 Å². The average molecular weight is 299 g/mol. The highest BCUT2D eigenvalue weighted by atomic mass is 32.1. The number of hydrogen-bond donors (Lipinski definition) is 1. The molecule has 1 aromatic carbocycles. The summed E-state index contributed by atoms with van der Waals surface area (Å²) in [7, 11) is 1.68. The highest BCUT2D eigenvalue weighted by Gasteiger charge is 2.20. The molecule has 108 valence electrons. The number of hydrogen-bond acceptors (Lipinski definition) is 2. The molecule has 1 aromatic heterocycles. The standard InChI is InChI=1S/C15H16F3NS/c1-3-9-4-5-10(20-9)8-13(19-2)11-6-7-12(16)15(18)14(11)17/h4-7,13,19H,3,8H2,1-2H3. The number of halogens is 3. The van der Waals surface area contributed by atoms with Crippen LogP contribution in [0.3, 0.4) is 0 Å². The molecule has 20 heavy (non-hydrogen) atoms. The molecule has 0 bridgehead atoms. The van der Waals surface area contributed by atoms with Crippen molar-refractivity contribution >= 4 is 11.3 Å². The number of nitrogens with one attached hydrogen (secondary N) is 1. The first-order valence-electron chi connectivity index (χ1n) is 6.45. The van der Waals surface area contributed by atoms with Crippen LogP contribution in [0.2, 0.25) is 0 Å². The van der Waals surface area contributed by atoms with Crippen LogP contribution in [-0.2, 0) is 12.8 Å². The lowest BCUT2D eigenvalue weighted by atomic mass is 10.0. The number of thiophene rings is 1. The molecule has 5 heteroatoms. The summed E-state index contributed by atoms with van der Waals surface area (Å²) < 4.78 is 40.1. The van der Waals surface area contributed by atoms with Crippen LogP contribution in [0.25, 0.3) is 0 Å². The molecule has 0 spiro atoms. The van der Waals surface area contributed by atoms with Crippen LogP contribution in [0.1, 0.15) is 28.3 Å². The molecular formula is C15H16F3NS. The fraction of sp³-hybridized carbons (Fsp3) is 0.333. The van der Waals surface area contributed by atoms with Gasteiger partial charge in [0.1, 0.15) is 0 Å². The van der Waals surface area contributed by atoms with Gasteiger partial charge in [0, 0.05) is 27.8 Å². The minimum atomic E-state index is -1.41. The normalized spacial score (nSPS) is 12.7. The molecular weight excluding hydrogens is 283 g/mol. The lowest BCUT2D eigenvalue weighted by Gasteiger charge is -2.17. The van der Waals surface area contributed by atoms with E-state index in [1.54, 1.807) is 18.4 Å². The summed E-state index contributed by atoms with van der Waals surface area (Å²) >= 11 is 1.65. The van der Waals surface area contributed by atoms with E-state index in [-0.39, 0.29) is 11.6 Å². The maximum atomic E-state index is 13.8. The SMILES string of the molecule is CCc1ccc(CC(NC)c2ccc(F)c(F)c2F)s1. The maximum absolute atomic E-state index is 13.8. The summed E-state index contributed by atoms with van der Waals surface area (Å²) in [5, 5.41) is 2.96. The van der Waals surface area contributed by atoms with Crippen molar-refractivity contribution in [2.45, 2.75) is 25.8 Å². The molecule has 0 aliphatic rings. The summed E-state index contributed by atoms with van der Waals surface area (Å²) in [6.07, 6.45) is 1.50. The Bertz CT molecular complexity index is 595. The van der Waals surface area contributed by atoms with E-state index < -0.39 is 17.5 Å². The summed E-state index contributed by atoms with van der Waals surface area (Å²) in [5.74, 6) is -3.69. The van der Waals surface area contributed by atoms with Crippen LogP contribution in [0.15, 0.2) is 24.3 Å². The minimum Gasteiger partial charge on any atom is -0.313 e. The molecule has 0 aliphatic heterocycles. The third-order valence-electron chi connectivity index (χ3n) is 3.26.